The molecule has 1 aliphatic heterocycles. The summed E-state index contributed by atoms with van der Waals surface area (Å²) in [5, 5.41) is 0. The average Bonchev–Trinajstić information content (AvgIpc) is 2.67. The minimum atomic E-state index is 0.705. The van der Waals surface area contributed by atoms with E-state index in [1.807, 2.05) is 0 Å². The molecule has 2 nitrogen and oxygen atoms in total. The molecule has 0 aromatic rings. The van der Waals surface area contributed by atoms with Crippen LogP contribution in [-0.2, 0) is 0 Å². The van der Waals surface area contributed by atoms with Crippen LogP contribution in [0.1, 0.15) is 44.9 Å². The van der Waals surface area contributed by atoms with Gasteiger partial charge in [0.1, 0.15) is 0 Å². The van der Waals surface area contributed by atoms with Gasteiger partial charge in [0.15, 0.2) is 0 Å². The monoisotopic (exact) mass is 196 g/mol. The van der Waals surface area contributed by atoms with E-state index in [1.165, 1.54) is 58.0 Å². The second-order valence-corrected chi connectivity index (χ2v) is 5.03. The van der Waals surface area contributed by atoms with Gasteiger partial charge in [-0.2, -0.15) is 0 Å². The zero-order chi connectivity index (χ0) is 9.80. The summed E-state index contributed by atoms with van der Waals surface area (Å²) in [5.74, 6) is 0.982. The van der Waals surface area contributed by atoms with Gasteiger partial charge in [-0.1, -0.05) is 19.3 Å². The van der Waals surface area contributed by atoms with Crippen LogP contribution in [0.5, 0.6) is 0 Å². The summed E-state index contributed by atoms with van der Waals surface area (Å²) in [6.07, 6.45) is 10.0. The summed E-state index contributed by atoms with van der Waals surface area (Å²) in [6, 6.07) is 0.705. The van der Waals surface area contributed by atoms with E-state index in [0.29, 0.717) is 6.04 Å². The van der Waals surface area contributed by atoms with E-state index in [1.54, 1.807) is 0 Å². The number of likely N-dealkylation sites (tertiary alicyclic amines) is 1. The second-order valence-electron chi connectivity index (χ2n) is 5.03. The Labute approximate surface area is 87.8 Å². The molecule has 82 valence electrons. The Morgan fingerprint density at radius 1 is 1.00 bits per heavy atom. The van der Waals surface area contributed by atoms with E-state index < -0.39 is 0 Å². The molecule has 2 aliphatic rings. The molecule has 2 N–H and O–H groups in total. The Bertz CT molecular complexity index is 164. The van der Waals surface area contributed by atoms with Crippen LogP contribution in [0.3, 0.4) is 0 Å². The number of nitrogens with two attached hydrogens (primary N) is 1. The quantitative estimate of drug-likeness (QED) is 0.748. The molecule has 0 radical (unpaired) electrons. The topological polar surface area (TPSA) is 29.3 Å². The predicted molar refractivity (Wildman–Crippen MR) is 60.2 cm³/mol. The summed E-state index contributed by atoms with van der Waals surface area (Å²) in [5.41, 5.74) is 5.79. The summed E-state index contributed by atoms with van der Waals surface area (Å²) < 4.78 is 0. The van der Waals surface area contributed by atoms with Gasteiger partial charge in [0.25, 0.3) is 0 Å². The van der Waals surface area contributed by atoms with Crippen molar-refractivity contribution in [3.05, 3.63) is 0 Å². The maximum Gasteiger partial charge on any atom is 0.0219 e. The van der Waals surface area contributed by atoms with E-state index in [-0.39, 0.29) is 0 Å². The molecule has 2 fully saturated rings. The molecule has 2 heteroatoms. The van der Waals surface area contributed by atoms with Gasteiger partial charge in [-0.15, -0.1) is 0 Å². The Morgan fingerprint density at radius 2 is 1.79 bits per heavy atom. The predicted octanol–water partition coefficient (Wildman–Crippen LogP) is 1.99. The fourth-order valence-corrected chi connectivity index (χ4v) is 3.10. The normalized spacial score (nSPS) is 31.1. The third kappa shape index (κ3) is 2.48. The van der Waals surface area contributed by atoms with Crippen LogP contribution in [0.25, 0.3) is 0 Å². The standard InChI is InChI=1S/C12H24N2/c13-9-12-7-4-8-14(12)10-11-5-2-1-3-6-11/h11-12H,1-10,13H2. The zero-order valence-electron chi connectivity index (χ0n) is 9.25. The molecule has 14 heavy (non-hydrogen) atoms. The maximum absolute atomic E-state index is 5.79. The highest BCUT2D eigenvalue weighted by molar-refractivity contribution is 4.82. The Balaban J connectivity index is 1.77. The van der Waals surface area contributed by atoms with Crippen molar-refractivity contribution in [3.8, 4) is 0 Å². The van der Waals surface area contributed by atoms with Crippen LogP contribution >= 0.6 is 0 Å². The van der Waals surface area contributed by atoms with Crippen molar-refractivity contribution in [3.63, 3.8) is 0 Å². The summed E-state index contributed by atoms with van der Waals surface area (Å²) in [7, 11) is 0. The number of hydrogen-bond donors (Lipinski definition) is 1. The largest absolute Gasteiger partial charge is 0.329 e. The molecular formula is C12H24N2. The number of rotatable bonds is 3. The third-order valence-electron chi connectivity index (χ3n) is 3.99. The molecule has 0 aromatic heterocycles. The van der Waals surface area contributed by atoms with Crippen molar-refractivity contribution in [2.24, 2.45) is 11.7 Å². The highest BCUT2D eigenvalue weighted by Gasteiger charge is 2.26. The summed E-state index contributed by atoms with van der Waals surface area (Å²) in [6.45, 7) is 3.51. The number of nitrogens with zero attached hydrogens (tertiary/aromatic N) is 1. The maximum atomic E-state index is 5.79. The Hall–Kier alpha value is -0.0800. The van der Waals surface area contributed by atoms with Crippen molar-refractivity contribution in [2.75, 3.05) is 19.6 Å². The molecule has 1 heterocycles. The molecule has 1 unspecified atom stereocenters. The van der Waals surface area contributed by atoms with Gasteiger partial charge < -0.3 is 5.73 Å². The van der Waals surface area contributed by atoms with Crippen LogP contribution in [0.15, 0.2) is 0 Å². The van der Waals surface area contributed by atoms with Gasteiger partial charge in [-0.25, -0.2) is 0 Å². The van der Waals surface area contributed by atoms with Gasteiger partial charge in [0.05, 0.1) is 0 Å². The van der Waals surface area contributed by atoms with E-state index in [0.717, 1.165) is 12.5 Å². The van der Waals surface area contributed by atoms with Gasteiger partial charge in [-0.3, -0.25) is 4.90 Å². The van der Waals surface area contributed by atoms with Gasteiger partial charge in [0.2, 0.25) is 0 Å². The van der Waals surface area contributed by atoms with Crippen molar-refractivity contribution in [1.82, 2.24) is 4.90 Å². The number of hydrogen-bond acceptors (Lipinski definition) is 2. The smallest absolute Gasteiger partial charge is 0.0219 e. The highest BCUT2D eigenvalue weighted by atomic mass is 15.2. The Kier molecular flexibility index (Phi) is 3.82. The third-order valence-corrected chi connectivity index (χ3v) is 3.99. The molecule has 0 bridgehead atoms. The summed E-state index contributed by atoms with van der Waals surface area (Å²) >= 11 is 0. The first-order valence-corrected chi connectivity index (χ1v) is 6.34. The zero-order valence-corrected chi connectivity index (χ0v) is 9.25. The van der Waals surface area contributed by atoms with Gasteiger partial charge in [-0.05, 0) is 38.1 Å². The highest BCUT2D eigenvalue weighted by Crippen LogP contribution is 2.27. The summed E-state index contributed by atoms with van der Waals surface area (Å²) in [4.78, 5) is 2.65. The SMILES string of the molecule is NCC1CCCN1CC1CCCCC1. The van der Waals surface area contributed by atoms with E-state index in [2.05, 4.69) is 4.90 Å². The van der Waals surface area contributed by atoms with Gasteiger partial charge in [0, 0.05) is 19.1 Å². The molecular weight excluding hydrogens is 172 g/mol. The first kappa shape index (κ1) is 10.4. The van der Waals surface area contributed by atoms with E-state index >= 15 is 0 Å². The molecule has 0 amide bonds. The Morgan fingerprint density at radius 3 is 2.50 bits per heavy atom. The van der Waals surface area contributed by atoms with Crippen molar-refractivity contribution >= 4 is 0 Å². The molecule has 1 saturated heterocycles. The molecule has 0 spiro atoms. The first-order valence-electron chi connectivity index (χ1n) is 6.34. The minimum Gasteiger partial charge on any atom is -0.329 e. The lowest BCUT2D eigenvalue weighted by atomic mass is 9.89. The second kappa shape index (κ2) is 5.13. The lowest BCUT2D eigenvalue weighted by molar-refractivity contribution is 0.190. The van der Waals surface area contributed by atoms with Crippen LogP contribution in [0.2, 0.25) is 0 Å². The molecule has 1 atom stereocenters. The van der Waals surface area contributed by atoms with Crippen molar-refractivity contribution in [1.29, 1.82) is 0 Å². The van der Waals surface area contributed by atoms with Gasteiger partial charge >= 0.3 is 0 Å². The molecule has 0 aromatic carbocycles. The lowest BCUT2D eigenvalue weighted by Crippen LogP contribution is -2.38. The molecule has 2 rings (SSSR count). The van der Waals surface area contributed by atoms with E-state index in [4.69, 9.17) is 5.73 Å². The average molecular weight is 196 g/mol. The van der Waals surface area contributed by atoms with Crippen molar-refractivity contribution in [2.45, 2.75) is 51.0 Å². The van der Waals surface area contributed by atoms with Crippen LogP contribution < -0.4 is 5.73 Å². The fourth-order valence-electron chi connectivity index (χ4n) is 3.10. The minimum absolute atomic E-state index is 0.705. The molecule has 1 saturated carbocycles. The lowest BCUT2D eigenvalue weighted by Gasteiger charge is -2.30. The van der Waals surface area contributed by atoms with Crippen LogP contribution in [0.4, 0.5) is 0 Å². The fraction of sp³-hybridized carbons (Fsp3) is 1.00. The van der Waals surface area contributed by atoms with E-state index in [9.17, 15) is 0 Å². The molecule has 1 aliphatic carbocycles. The van der Waals surface area contributed by atoms with Crippen LogP contribution in [-0.4, -0.2) is 30.6 Å². The van der Waals surface area contributed by atoms with Crippen LogP contribution in [0, 0.1) is 5.92 Å². The first-order chi connectivity index (χ1) is 6.90. The van der Waals surface area contributed by atoms with Crippen molar-refractivity contribution < 1.29 is 0 Å².